The fourth-order valence-electron chi connectivity index (χ4n) is 3.48. The molecule has 24 heavy (non-hydrogen) atoms. The van der Waals surface area contributed by atoms with Crippen LogP contribution in [0, 0.1) is 18.8 Å². The van der Waals surface area contributed by atoms with E-state index < -0.39 is 0 Å². The summed E-state index contributed by atoms with van der Waals surface area (Å²) in [6.45, 7) is 6.53. The van der Waals surface area contributed by atoms with Crippen molar-refractivity contribution in [2.45, 2.75) is 39.3 Å². The second-order valence-electron chi connectivity index (χ2n) is 7.05. The lowest BCUT2D eigenvalue weighted by Crippen LogP contribution is -2.35. The Bertz CT molecular complexity index is 803. The van der Waals surface area contributed by atoms with E-state index in [0.29, 0.717) is 18.4 Å². The third-order valence-corrected chi connectivity index (χ3v) is 4.81. The summed E-state index contributed by atoms with van der Waals surface area (Å²) >= 11 is 0. The molecule has 1 aromatic carbocycles. The summed E-state index contributed by atoms with van der Waals surface area (Å²) in [4.78, 5) is 16.0. The van der Waals surface area contributed by atoms with E-state index in [1.807, 2.05) is 32.9 Å². The van der Waals surface area contributed by atoms with Gasteiger partial charge in [0.15, 0.2) is 0 Å². The quantitative estimate of drug-likeness (QED) is 0.918. The van der Waals surface area contributed by atoms with Gasteiger partial charge in [-0.2, -0.15) is 0 Å². The zero-order valence-corrected chi connectivity index (χ0v) is 14.2. The molecule has 1 N–H and O–H groups in total. The monoisotopic (exact) mass is 326 g/mol. The minimum Gasteiger partial charge on any atom is -0.491 e. The number of carbonyl (C=O) groups is 1. The number of piperidine rings is 1. The molecular formula is C19H22N2O3. The topological polar surface area (TPSA) is 60.5 Å². The van der Waals surface area contributed by atoms with E-state index in [9.17, 15) is 4.79 Å². The Labute approximate surface area is 141 Å². The van der Waals surface area contributed by atoms with Crippen LogP contribution in [0.3, 0.4) is 0 Å². The molecule has 1 saturated carbocycles. The maximum atomic E-state index is 11.6. The molecule has 1 aliphatic carbocycles. The zero-order chi connectivity index (χ0) is 16.8. The second kappa shape index (κ2) is 5.65. The fourth-order valence-corrected chi connectivity index (χ4v) is 3.48. The van der Waals surface area contributed by atoms with Crippen molar-refractivity contribution < 1.29 is 14.3 Å². The van der Waals surface area contributed by atoms with Gasteiger partial charge in [0, 0.05) is 17.5 Å². The molecule has 0 spiro atoms. The number of nitrogens with zero attached hydrogens (tertiary/aromatic N) is 1. The Balaban J connectivity index is 1.59. The van der Waals surface area contributed by atoms with Crippen LogP contribution in [-0.2, 0) is 4.79 Å². The summed E-state index contributed by atoms with van der Waals surface area (Å²) in [6, 6.07) is 6.18. The number of pyridine rings is 1. The van der Waals surface area contributed by atoms with Crippen molar-refractivity contribution in [2.75, 3.05) is 6.61 Å². The average molecular weight is 326 g/mol. The highest BCUT2D eigenvalue weighted by Crippen LogP contribution is 2.46. The number of benzene rings is 1. The Kier molecular flexibility index (Phi) is 3.59. The van der Waals surface area contributed by atoms with Crippen molar-refractivity contribution >= 4 is 16.7 Å². The van der Waals surface area contributed by atoms with Crippen LogP contribution in [0.1, 0.15) is 25.8 Å². The van der Waals surface area contributed by atoms with Crippen LogP contribution in [-0.4, -0.2) is 29.6 Å². The van der Waals surface area contributed by atoms with Crippen LogP contribution >= 0.6 is 0 Å². The summed E-state index contributed by atoms with van der Waals surface area (Å²) in [7, 11) is 0. The maximum absolute atomic E-state index is 11.6. The number of hydrogen-bond donors (Lipinski definition) is 1. The van der Waals surface area contributed by atoms with Crippen LogP contribution in [0.15, 0.2) is 24.4 Å². The summed E-state index contributed by atoms with van der Waals surface area (Å²) in [5, 5.41) is 5.02. The molecule has 1 saturated heterocycles. The lowest BCUT2D eigenvalue weighted by molar-refractivity contribution is -0.121. The predicted molar refractivity (Wildman–Crippen MR) is 91.3 cm³/mol. The highest BCUT2D eigenvalue weighted by Gasteiger charge is 2.54. The minimum absolute atomic E-state index is 0.108. The molecule has 1 aromatic heterocycles. The number of carbonyl (C=O) groups excluding carboxylic acids is 1. The third kappa shape index (κ3) is 2.68. The van der Waals surface area contributed by atoms with Crippen LogP contribution in [0.4, 0.5) is 0 Å². The molecule has 2 aliphatic rings. The first-order valence-corrected chi connectivity index (χ1v) is 8.52. The second-order valence-corrected chi connectivity index (χ2v) is 7.05. The Morgan fingerprint density at radius 3 is 2.88 bits per heavy atom. The highest BCUT2D eigenvalue weighted by molar-refractivity contribution is 5.89. The number of aryl methyl sites for hydroxylation is 1. The molecule has 3 atom stereocenters. The van der Waals surface area contributed by atoms with Crippen LogP contribution in [0.5, 0.6) is 11.6 Å². The summed E-state index contributed by atoms with van der Waals surface area (Å²) < 4.78 is 11.9. The lowest BCUT2D eigenvalue weighted by Gasteiger charge is -2.17. The average Bonchev–Trinajstić information content (AvgIpc) is 3.26. The minimum atomic E-state index is 0.108. The van der Waals surface area contributed by atoms with Gasteiger partial charge in [-0.1, -0.05) is 0 Å². The predicted octanol–water partition coefficient (Wildman–Crippen LogP) is 2.84. The number of nitrogens with one attached hydrogen (secondary N) is 1. The first kappa shape index (κ1) is 15.2. The molecule has 0 radical (unpaired) electrons. The maximum Gasteiger partial charge on any atom is 0.223 e. The van der Waals surface area contributed by atoms with E-state index >= 15 is 0 Å². The van der Waals surface area contributed by atoms with Gasteiger partial charge in [-0.05, 0) is 62.3 Å². The third-order valence-electron chi connectivity index (χ3n) is 4.81. The van der Waals surface area contributed by atoms with Gasteiger partial charge in [0.2, 0.25) is 11.8 Å². The van der Waals surface area contributed by atoms with Gasteiger partial charge in [-0.15, -0.1) is 0 Å². The molecule has 2 heterocycles. The largest absolute Gasteiger partial charge is 0.491 e. The number of amides is 1. The molecule has 5 heteroatoms. The van der Waals surface area contributed by atoms with Crippen molar-refractivity contribution in [2.24, 2.45) is 11.8 Å². The van der Waals surface area contributed by atoms with Crippen LogP contribution in [0.25, 0.3) is 10.8 Å². The van der Waals surface area contributed by atoms with Gasteiger partial charge in [-0.25, -0.2) is 4.98 Å². The SMILES string of the molecule is Cc1cc2ccnc(OCC3NC(=O)C4CC34)c2cc1OC(C)C. The Morgan fingerprint density at radius 2 is 2.21 bits per heavy atom. The molecule has 1 aliphatic heterocycles. The molecule has 0 bridgehead atoms. The molecular weight excluding hydrogens is 304 g/mol. The molecule has 2 fully saturated rings. The number of ether oxygens (including phenoxy) is 2. The zero-order valence-electron chi connectivity index (χ0n) is 14.2. The van der Waals surface area contributed by atoms with E-state index in [4.69, 9.17) is 9.47 Å². The summed E-state index contributed by atoms with van der Waals surface area (Å²) in [5.74, 6) is 2.27. The molecule has 4 rings (SSSR count). The van der Waals surface area contributed by atoms with Gasteiger partial charge in [0.05, 0.1) is 12.1 Å². The van der Waals surface area contributed by atoms with Crippen LogP contribution < -0.4 is 14.8 Å². The molecule has 1 amide bonds. The van der Waals surface area contributed by atoms with E-state index in [1.54, 1.807) is 6.20 Å². The van der Waals surface area contributed by atoms with Gasteiger partial charge in [-0.3, -0.25) is 4.79 Å². The highest BCUT2D eigenvalue weighted by atomic mass is 16.5. The summed E-state index contributed by atoms with van der Waals surface area (Å²) in [6.07, 6.45) is 2.87. The normalized spacial score (nSPS) is 24.8. The number of rotatable bonds is 5. The van der Waals surface area contributed by atoms with Crippen molar-refractivity contribution in [3.05, 3.63) is 30.0 Å². The first-order valence-electron chi connectivity index (χ1n) is 8.52. The smallest absolute Gasteiger partial charge is 0.223 e. The number of hydrogen-bond acceptors (Lipinski definition) is 4. The molecule has 2 aromatic rings. The van der Waals surface area contributed by atoms with E-state index in [1.165, 1.54) is 0 Å². The fraction of sp³-hybridized carbons (Fsp3) is 0.474. The first-order chi connectivity index (χ1) is 11.5. The van der Waals surface area contributed by atoms with Crippen molar-refractivity contribution in [1.29, 1.82) is 0 Å². The van der Waals surface area contributed by atoms with Gasteiger partial charge < -0.3 is 14.8 Å². The number of aromatic nitrogens is 1. The molecule has 126 valence electrons. The number of fused-ring (bicyclic) bond motifs is 2. The Hall–Kier alpha value is -2.30. The van der Waals surface area contributed by atoms with Gasteiger partial charge >= 0.3 is 0 Å². The van der Waals surface area contributed by atoms with Crippen molar-refractivity contribution in [3.8, 4) is 11.6 Å². The molecule has 5 nitrogen and oxygen atoms in total. The van der Waals surface area contributed by atoms with E-state index in [0.717, 1.165) is 28.5 Å². The molecule has 3 unspecified atom stereocenters. The van der Waals surface area contributed by atoms with Crippen LogP contribution in [0.2, 0.25) is 0 Å². The van der Waals surface area contributed by atoms with Gasteiger partial charge in [0.1, 0.15) is 12.4 Å². The standard InChI is InChI=1S/C19H22N2O3/c1-10(2)24-17-8-13-12(6-11(17)3)4-5-20-19(13)23-9-16-14-7-15(14)18(22)21-16/h4-6,8,10,14-16H,7,9H2,1-3H3,(H,21,22). The Morgan fingerprint density at radius 1 is 1.38 bits per heavy atom. The van der Waals surface area contributed by atoms with Gasteiger partial charge in [0.25, 0.3) is 0 Å². The van der Waals surface area contributed by atoms with Crippen molar-refractivity contribution in [1.82, 2.24) is 10.3 Å². The summed E-state index contributed by atoms with van der Waals surface area (Å²) in [5.41, 5.74) is 1.09. The van der Waals surface area contributed by atoms with E-state index in [2.05, 4.69) is 16.4 Å². The van der Waals surface area contributed by atoms with Crippen molar-refractivity contribution in [3.63, 3.8) is 0 Å². The van der Waals surface area contributed by atoms with E-state index in [-0.39, 0.29) is 24.0 Å². The lowest BCUT2D eigenvalue weighted by atomic mass is 10.1.